The van der Waals surface area contributed by atoms with Gasteiger partial charge in [0.05, 0.1) is 18.4 Å². The summed E-state index contributed by atoms with van der Waals surface area (Å²) in [6, 6.07) is 20.4. The minimum absolute atomic E-state index is 0.264. The zero-order valence-electron chi connectivity index (χ0n) is 18.0. The van der Waals surface area contributed by atoms with Crippen molar-refractivity contribution in [3.05, 3.63) is 94.7 Å². The number of carbonyl (C=O) groups is 2. The van der Waals surface area contributed by atoms with Crippen LogP contribution in [0.4, 0.5) is 11.4 Å². The molecule has 4 rings (SSSR count). The normalized spacial score (nSPS) is 13.7. The summed E-state index contributed by atoms with van der Waals surface area (Å²) in [7, 11) is 1.60. The maximum Gasteiger partial charge on any atom is 0.282 e. The fourth-order valence-corrected chi connectivity index (χ4v) is 3.63. The number of benzene rings is 3. The number of imide groups is 1. The van der Waals surface area contributed by atoms with Crippen LogP contribution in [0.5, 0.6) is 5.75 Å². The van der Waals surface area contributed by atoms with E-state index in [4.69, 9.17) is 4.74 Å². The van der Waals surface area contributed by atoms with Gasteiger partial charge < -0.3 is 10.1 Å². The lowest BCUT2D eigenvalue weighted by Crippen LogP contribution is -2.32. The van der Waals surface area contributed by atoms with Crippen LogP contribution in [0, 0.1) is 20.8 Å². The molecule has 5 heteroatoms. The Labute approximate surface area is 182 Å². The summed E-state index contributed by atoms with van der Waals surface area (Å²) >= 11 is 0. The molecule has 1 aliphatic rings. The first-order chi connectivity index (χ1) is 14.9. The molecule has 0 fully saturated rings. The maximum atomic E-state index is 13.5. The Kier molecular flexibility index (Phi) is 5.34. The number of nitrogens with zero attached hydrogens (tertiary/aromatic N) is 1. The van der Waals surface area contributed by atoms with E-state index in [1.807, 2.05) is 69.3 Å². The zero-order valence-corrected chi connectivity index (χ0v) is 18.0. The van der Waals surface area contributed by atoms with Crippen LogP contribution in [-0.2, 0) is 9.59 Å². The topological polar surface area (TPSA) is 58.6 Å². The van der Waals surface area contributed by atoms with E-state index in [1.54, 1.807) is 25.3 Å². The van der Waals surface area contributed by atoms with Gasteiger partial charge in [-0.05, 0) is 79.4 Å². The van der Waals surface area contributed by atoms with Crippen molar-refractivity contribution in [2.24, 2.45) is 0 Å². The van der Waals surface area contributed by atoms with E-state index in [9.17, 15) is 9.59 Å². The molecule has 0 atom stereocenters. The van der Waals surface area contributed by atoms with Crippen LogP contribution < -0.4 is 15.0 Å². The molecule has 5 nitrogen and oxygen atoms in total. The highest BCUT2D eigenvalue weighted by Crippen LogP contribution is 2.34. The van der Waals surface area contributed by atoms with E-state index in [-0.39, 0.29) is 17.5 Å². The van der Waals surface area contributed by atoms with Crippen molar-refractivity contribution in [2.45, 2.75) is 20.8 Å². The molecule has 0 unspecified atom stereocenters. The molecule has 1 aliphatic heterocycles. The Bertz CT molecular complexity index is 1210. The van der Waals surface area contributed by atoms with Crippen LogP contribution >= 0.6 is 0 Å². The number of nitrogens with one attached hydrogen (secondary N) is 1. The first-order valence-electron chi connectivity index (χ1n) is 10.1. The quantitative estimate of drug-likeness (QED) is 0.598. The minimum atomic E-state index is -0.375. The number of rotatable bonds is 5. The maximum absolute atomic E-state index is 13.5. The summed E-state index contributed by atoms with van der Waals surface area (Å²) in [5.41, 5.74) is 5.76. The fourth-order valence-electron chi connectivity index (χ4n) is 3.63. The predicted molar refractivity (Wildman–Crippen MR) is 123 cm³/mol. The molecular weight excluding hydrogens is 388 g/mol. The summed E-state index contributed by atoms with van der Waals surface area (Å²) in [4.78, 5) is 28.2. The van der Waals surface area contributed by atoms with Gasteiger partial charge in [0.15, 0.2) is 0 Å². The van der Waals surface area contributed by atoms with Crippen LogP contribution in [0.3, 0.4) is 0 Å². The molecule has 2 amide bonds. The molecule has 0 saturated carbocycles. The third kappa shape index (κ3) is 3.82. The fraction of sp³-hybridized carbons (Fsp3) is 0.154. The van der Waals surface area contributed by atoms with Crippen LogP contribution in [0.15, 0.2) is 72.4 Å². The molecule has 0 aliphatic carbocycles. The number of hydrogen-bond acceptors (Lipinski definition) is 4. The highest BCUT2D eigenvalue weighted by atomic mass is 16.5. The van der Waals surface area contributed by atoms with Crippen molar-refractivity contribution < 1.29 is 14.3 Å². The van der Waals surface area contributed by atoms with E-state index >= 15 is 0 Å². The second-order valence-electron chi connectivity index (χ2n) is 7.69. The van der Waals surface area contributed by atoms with Crippen LogP contribution in [-0.4, -0.2) is 18.9 Å². The molecular formula is C26H24N2O3. The Hall–Kier alpha value is -3.86. The SMILES string of the molecule is COc1ccc(NC2=C(c3ccc(C)c(C)c3)C(=O)N(c3cccc(C)c3)C2=O)cc1. The average molecular weight is 412 g/mol. The predicted octanol–water partition coefficient (Wildman–Crippen LogP) is 5.02. The van der Waals surface area contributed by atoms with E-state index in [1.165, 1.54) is 4.90 Å². The van der Waals surface area contributed by atoms with E-state index < -0.39 is 0 Å². The molecule has 0 saturated heterocycles. The summed E-state index contributed by atoms with van der Waals surface area (Å²) in [6.45, 7) is 5.95. The van der Waals surface area contributed by atoms with Gasteiger partial charge >= 0.3 is 0 Å². The number of ether oxygens (including phenoxy) is 1. The van der Waals surface area contributed by atoms with Gasteiger partial charge in [-0.1, -0.05) is 30.3 Å². The third-order valence-electron chi connectivity index (χ3n) is 5.50. The summed E-state index contributed by atoms with van der Waals surface area (Å²) in [6.07, 6.45) is 0. The zero-order chi connectivity index (χ0) is 22.1. The standard InChI is InChI=1S/C26H24N2O3/c1-16-6-5-7-21(14-16)28-25(29)23(19-9-8-17(2)18(3)15-19)24(26(28)30)27-20-10-12-22(31-4)13-11-20/h5-15,27H,1-4H3. The van der Waals surface area contributed by atoms with E-state index in [0.717, 1.165) is 16.7 Å². The van der Waals surface area contributed by atoms with Crippen molar-refractivity contribution in [3.8, 4) is 5.75 Å². The second-order valence-corrected chi connectivity index (χ2v) is 7.69. The third-order valence-corrected chi connectivity index (χ3v) is 5.50. The molecule has 0 spiro atoms. The molecule has 31 heavy (non-hydrogen) atoms. The van der Waals surface area contributed by atoms with Gasteiger partial charge in [-0.2, -0.15) is 0 Å². The monoisotopic (exact) mass is 412 g/mol. The van der Waals surface area contributed by atoms with Gasteiger partial charge in [0.1, 0.15) is 11.4 Å². The number of amides is 2. The number of hydrogen-bond donors (Lipinski definition) is 1. The molecule has 1 heterocycles. The van der Waals surface area contributed by atoms with E-state index in [2.05, 4.69) is 5.32 Å². The number of carbonyl (C=O) groups excluding carboxylic acids is 2. The van der Waals surface area contributed by atoms with Crippen LogP contribution in [0.1, 0.15) is 22.3 Å². The van der Waals surface area contributed by atoms with Crippen molar-refractivity contribution in [2.75, 3.05) is 17.3 Å². The molecule has 156 valence electrons. The molecule has 3 aromatic carbocycles. The Morgan fingerprint density at radius 3 is 2.19 bits per heavy atom. The van der Waals surface area contributed by atoms with Crippen LogP contribution in [0.25, 0.3) is 5.57 Å². The highest BCUT2D eigenvalue weighted by Gasteiger charge is 2.40. The molecule has 3 aromatic rings. The molecule has 1 N–H and O–H groups in total. The lowest BCUT2D eigenvalue weighted by Gasteiger charge is -2.16. The minimum Gasteiger partial charge on any atom is -0.497 e. The Morgan fingerprint density at radius 2 is 1.55 bits per heavy atom. The summed E-state index contributed by atoms with van der Waals surface area (Å²) in [5.74, 6) is -0.00126. The van der Waals surface area contributed by atoms with Gasteiger partial charge in [-0.3, -0.25) is 9.59 Å². The van der Waals surface area contributed by atoms with Gasteiger partial charge in [0.2, 0.25) is 0 Å². The van der Waals surface area contributed by atoms with Crippen molar-refractivity contribution in [1.29, 1.82) is 0 Å². The largest absolute Gasteiger partial charge is 0.497 e. The molecule has 0 radical (unpaired) electrons. The highest BCUT2D eigenvalue weighted by molar-refractivity contribution is 6.46. The second kappa shape index (κ2) is 8.11. The Morgan fingerprint density at radius 1 is 0.806 bits per heavy atom. The first kappa shape index (κ1) is 20.4. The van der Waals surface area contributed by atoms with Crippen molar-refractivity contribution in [1.82, 2.24) is 0 Å². The Balaban J connectivity index is 1.82. The smallest absolute Gasteiger partial charge is 0.282 e. The van der Waals surface area contributed by atoms with Crippen molar-refractivity contribution in [3.63, 3.8) is 0 Å². The summed E-state index contributed by atoms with van der Waals surface area (Å²) < 4.78 is 5.21. The van der Waals surface area contributed by atoms with Gasteiger partial charge in [0.25, 0.3) is 11.8 Å². The van der Waals surface area contributed by atoms with Gasteiger partial charge in [-0.25, -0.2) is 4.90 Å². The lowest BCUT2D eigenvalue weighted by atomic mass is 9.99. The van der Waals surface area contributed by atoms with Crippen LogP contribution in [0.2, 0.25) is 0 Å². The lowest BCUT2D eigenvalue weighted by molar-refractivity contribution is -0.120. The van der Waals surface area contributed by atoms with Crippen molar-refractivity contribution >= 4 is 28.8 Å². The number of methoxy groups -OCH3 is 1. The van der Waals surface area contributed by atoms with E-state index in [0.29, 0.717) is 28.3 Å². The van der Waals surface area contributed by atoms with Gasteiger partial charge in [0, 0.05) is 5.69 Å². The molecule has 0 bridgehead atoms. The number of anilines is 2. The summed E-state index contributed by atoms with van der Waals surface area (Å²) in [5, 5.41) is 3.18. The molecule has 0 aromatic heterocycles. The average Bonchev–Trinajstić information content (AvgIpc) is 3.00. The number of aryl methyl sites for hydroxylation is 3. The first-order valence-corrected chi connectivity index (χ1v) is 10.1. The van der Waals surface area contributed by atoms with Gasteiger partial charge in [-0.15, -0.1) is 0 Å².